The van der Waals surface area contributed by atoms with Crippen molar-refractivity contribution in [2.24, 2.45) is 0 Å². The molecule has 68 valence electrons. The zero-order valence-electron chi connectivity index (χ0n) is 6.90. The van der Waals surface area contributed by atoms with Gasteiger partial charge in [-0.05, 0) is 6.92 Å². The lowest BCUT2D eigenvalue weighted by Crippen LogP contribution is -2.15. The fourth-order valence-electron chi connectivity index (χ4n) is 1.03. The molecular formula is C7H16O4. The predicted octanol–water partition coefficient (Wildman–Crippen LogP) is -0.875. The van der Waals surface area contributed by atoms with Crippen LogP contribution in [0, 0.1) is 0 Å². The number of rotatable bonds is 1. The van der Waals surface area contributed by atoms with E-state index in [1.807, 2.05) is 0 Å². The van der Waals surface area contributed by atoms with E-state index in [2.05, 4.69) is 0 Å². The third kappa shape index (κ3) is 3.16. The average Bonchev–Trinajstić information content (AvgIpc) is 2.36. The number of hydrogen-bond acceptors (Lipinski definition) is 4. The molecule has 4 nitrogen and oxygen atoms in total. The lowest BCUT2D eigenvalue weighted by molar-refractivity contribution is 0.000607. The molecule has 0 spiro atoms. The van der Waals surface area contributed by atoms with Gasteiger partial charge in [0, 0.05) is 13.5 Å². The van der Waals surface area contributed by atoms with Crippen LogP contribution < -0.4 is 0 Å². The van der Waals surface area contributed by atoms with E-state index in [1.165, 1.54) is 0 Å². The summed E-state index contributed by atoms with van der Waals surface area (Å²) in [5.74, 6) is 0. The molecule has 0 amide bonds. The Balaban J connectivity index is 0.000000461. The van der Waals surface area contributed by atoms with E-state index < -0.39 is 0 Å². The quantitative estimate of drug-likeness (QED) is 0.471. The van der Waals surface area contributed by atoms with Gasteiger partial charge in [-0.15, -0.1) is 0 Å². The molecule has 0 aromatic heterocycles. The monoisotopic (exact) mass is 164 g/mol. The molecule has 1 saturated heterocycles. The first-order valence-corrected chi connectivity index (χ1v) is 3.63. The van der Waals surface area contributed by atoms with Crippen LogP contribution in [0.3, 0.4) is 0 Å². The predicted molar refractivity (Wildman–Crippen MR) is 40.2 cm³/mol. The Labute approximate surface area is 66.4 Å². The Kier molecular flexibility index (Phi) is 5.41. The number of aliphatic hydroxyl groups excluding tert-OH is 3. The number of hydrogen-bond donors (Lipinski definition) is 3. The normalized spacial score (nSPS) is 36.3. The summed E-state index contributed by atoms with van der Waals surface area (Å²) >= 11 is 0. The van der Waals surface area contributed by atoms with Gasteiger partial charge in [-0.1, -0.05) is 0 Å². The Bertz CT molecular complexity index is 86.4. The molecule has 1 fully saturated rings. The second-order valence-corrected chi connectivity index (χ2v) is 2.45. The van der Waals surface area contributed by atoms with Crippen LogP contribution in [0.4, 0.5) is 0 Å². The summed E-state index contributed by atoms with van der Waals surface area (Å²) in [5, 5.41) is 24.6. The van der Waals surface area contributed by atoms with Crippen LogP contribution in [0.2, 0.25) is 0 Å². The molecule has 1 aliphatic heterocycles. The number of ether oxygens (including phenoxy) is 1. The van der Waals surface area contributed by atoms with Gasteiger partial charge in [0.1, 0.15) is 0 Å². The van der Waals surface area contributed by atoms with Crippen molar-refractivity contribution in [2.75, 3.05) is 13.7 Å². The molecule has 1 heterocycles. The van der Waals surface area contributed by atoms with E-state index in [1.54, 1.807) is 6.92 Å². The standard InChI is InChI=1S/C6H12O3.CH4O/c1-4-6(8)2-5(3-7)9-4;1-2/h4-8H,2-3H2,1H3;2H,1H3/t4-,5?,6?;/m1./s1. The van der Waals surface area contributed by atoms with Gasteiger partial charge >= 0.3 is 0 Å². The molecule has 0 aromatic carbocycles. The first-order valence-electron chi connectivity index (χ1n) is 3.63. The van der Waals surface area contributed by atoms with Crippen LogP contribution in [-0.4, -0.2) is 47.3 Å². The highest BCUT2D eigenvalue weighted by Crippen LogP contribution is 2.18. The SMILES string of the molecule is CO.C[C@H]1OC(CO)CC1O. The minimum Gasteiger partial charge on any atom is -0.400 e. The van der Waals surface area contributed by atoms with E-state index in [0.717, 1.165) is 7.11 Å². The Hall–Kier alpha value is -0.160. The first-order chi connectivity index (χ1) is 5.24. The van der Waals surface area contributed by atoms with Crippen molar-refractivity contribution in [3.8, 4) is 0 Å². The molecule has 0 radical (unpaired) electrons. The number of aliphatic hydroxyl groups is 3. The largest absolute Gasteiger partial charge is 0.400 e. The van der Waals surface area contributed by atoms with Crippen LogP contribution in [0.5, 0.6) is 0 Å². The minimum atomic E-state index is -0.387. The highest BCUT2D eigenvalue weighted by molar-refractivity contribution is 4.77. The lowest BCUT2D eigenvalue weighted by Gasteiger charge is -2.05. The second-order valence-electron chi connectivity index (χ2n) is 2.45. The fourth-order valence-corrected chi connectivity index (χ4v) is 1.03. The third-order valence-electron chi connectivity index (χ3n) is 1.66. The zero-order valence-corrected chi connectivity index (χ0v) is 6.90. The highest BCUT2D eigenvalue weighted by Gasteiger charge is 2.29. The van der Waals surface area contributed by atoms with Gasteiger partial charge in [-0.3, -0.25) is 0 Å². The van der Waals surface area contributed by atoms with Gasteiger partial charge in [0.15, 0.2) is 0 Å². The maximum atomic E-state index is 9.06. The van der Waals surface area contributed by atoms with Gasteiger partial charge in [0.2, 0.25) is 0 Å². The fraction of sp³-hybridized carbons (Fsp3) is 1.00. The Morgan fingerprint density at radius 2 is 2.00 bits per heavy atom. The average molecular weight is 164 g/mol. The van der Waals surface area contributed by atoms with Crippen molar-refractivity contribution >= 4 is 0 Å². The van der Waals surface area contributed by atoms with Crippen LogP contribution in [0.25, 0.3) is 0 Å². The molecule has 0 aromatic rings. The van der Waals surface area contributed by atoms with Crippen LogP contribution >= 0.6 is 0 Å². The molecule has 2 unspecified atom stereocenters. The second kappa shape index (κ2) is 5.49. The van der Waals surface area contributed by atoms with Crippen LogP contribution in [0.15, 0.2) is 0 Å². The van der Waals surface area contributed by atoms with E-state index in [0.29, 0.717) is 6.42 Å². The summed E-state index contributed by atoms with van der Waals surface area (Å²) in [6.45, 7) is 1.82. The topological polar surface area (TPSA) is 69.9 Å². The van der Waals surface area contributed by atoms with E-state index in [9.17, 15) is 0 Å². The highest BCUT2D eigenvalue weighted by atomic mass is 16.5. The maximum Gasteiger partial charge on any atom is 0.0836 e. The summed E-state index contributed by atoms with van der Waals surface area (Å²) in [5.41, 5.74) is 0. The maximum absolute atomic E-state index is 9.06. The molecular weight excluding hydrogens is 148 g/mol. The summed E-state index contributed by atoms with van der Waals surface area (Å²) in [6.07, 6.45) is -0.0724. The molecule has 4 heteroatoms. The molecule has 0 aliphatic carbocycles. The molecule has 1 aliphatic rings. The summed E-state index contributed by atoms with van der Waals surface area (Å²) in [7, 11) is 1.00. The molecule has 0 saturated carbocycles. The minimum absolute atomic E-state index is 0.0153. The van der Waals surface area contributed by atoms with E-state index in [-0.39, 0.29) is 24.9 Å². The van der Waals surface area contributed by atoms with Crippen molar-refractivity contribution in [3.05, 3.63) is 0 Å². The van der Waals surface area contributed by atoms with Crippen molar-refractivity contribution in [1.29, 1.82) is 0 Å². The van der Waals surface area contributed by atoms with Gasteiger partial charge in [0.25, 0.3) is 0 Å². The van der Waals surface area contributed by atoms with Crippen molar-refractivity contribution < 1.29 is 20.1 Å². The Morgan fingerprint density at radius 1 is 1.45 bits per heavy atom. The van der Waals surface area contributed by atoms with E-state index in [4.69, 9.17) is 20.1 Å². The van der Waals surface area contributed by atoms with Gasteiger partial charge < -0.3 is 20.1 Å². The van der Waals surface area contributed by atoms with Gasteiger partial charge in [0.05, 0.1) is 24.9 Å². The molecule has 3 N–H and O–H groups in total. The molecule has 0 bridgehead atoms. The van der Waals surface area contributed by atoms with Crippen molar-refractivity contribution in [3.63, 3.8) is 0 Å². The molecule has 3 atom stereocenters. The van der Waals surface area contributed by atoms with Crippen molar-refractivity contribution in [2.45, 2.75) is 31.7 Å². The first kappa shape index (κ1) is 10.8. The van der Waals surface area contributed by atoms with Crippen LogP contribution in [0.1, 0.15) is 13.3 Å². The van der Waals surface area contributed by atoms with Gasteiger partial charge in [-0.2, -0.15) is 0 Å². The summed E-state index contributed by atoms with van der Waals surface area (Å²) in [6, 6.07) is 0. The molecule has 11 heavy (non-hydrogen) atoms. The van der Waals surface area contributed by atoms with Crippen LogP contribution in [-0.2, 0) is 4.74 Å². The van der Waals surface area contributed by atoms with Crippen molar-refractivity contribution in [1.82, 2.24) is 0 Å². The lowest BCUT2D eigenvalue weighted by atomic mass is 10.2. The molecule has 1 rings (SSSR count). The summed E-state index contributed by atoms with van der Waals surface area (Å²) in [4.78, 5) is 0. The smallest absolute Gasteiger partial charge is 0.0836 e. The van der Waals surface area contributed by atoms with E-state index >= 15 is 0 Å². The summed E-state index contributed by atoms with van der Waals surface area (Å²) < 4.78 is 5.12. The zero-order chi connectivity index (χ0) is 8.85. The third-order valence-corrected chi connectivity index (χ3v) is 1.66. The van der Waals surface area contributed by atoms with Gasteiger partial charge in [-0.25, -0.2) is 0 Å². The Morgan fingerprint density at radius 3 is 2.18 bits per heavy atom.